The van der Waals surface area contributed by atoms with Gasteiger partial charge in [0, 0.05) is 10.4 Å². The van der Waals surface area contributed by atoms with E-state index in [0.29, 0.717) is 29.8 Å². The Labute approximate surface area is 155 Å². The van der Waals surface area contributed by atoms with E-state index in [1.54, 1.807) is 30.3 Å². The molecule has 0 atom stereocenters. The van der Waals surface area contributed by atoms with E-state index >= 15 is 0 Å². The van der Waals surface area contributed by atoms with Crippen molar-refractivity contribution in [2.75, 3.05) is 17.9 Å². The molecule has 2 heterocycles. The van der Waals surface area contributed by atoms with E-state index in [-0.39, 0.29) is 4.90 Å². The van der Waals surface area contributed by atoms with Gasteiger partial charge in [0.2, 0.25) is 0 Å². The van der Waals surface area contributed by atoms with Gasteiger partial charge in [0.15, 0.2) is 16.6 Å². The number of aryl methyl sites for hydroxylation is 1. The van der Waals surface area contributed by atoms with E-state index in [0.717, 1.165) is 16.1 Å². The minimum Gasteiger partial charge on any atom is -0.486 e. The molecule has 0 spiro atoms. The first-order chi connectivity index (χ1) is 12.5. The number of benzene rings is 2. The lowest BCUT2D eigenvalue weighted by Crippen LogP contribution is -2.15. The molecule has 1 N–H and O–H groups in total. The van der Waals surface area contributed by atoms with E-state index in [1.165, 1.54) is 11.3 Å². The lowest BCUT2D eigenvalue weighted by molar-refractivity contribution is 0.171. The van der Waals surface area contributed by atoms with Gasteiger partial charge < -0.3 is 9.47 Å². The topological polar surface area (TPSA) is 77.5 Å². The van der Waals surface area contributed by atoms with Crippen LogP contribution in [-0.2, 0) is 10.0 Å². The van der Waals surface area contributed by atoms with Gasteiger partial charge in [-0.3, -0.25) is 4.72 Å². The number of hydrogen-bond acceptors (Lipinski definition) is 6. The second-order valence-corrected chi connectivity index (χ2v) is 8.59. The Kier molecular flexibility index (Phi) is 4.29. The van der Waals surface area contributed by atoms with E-state index in [1.807, 2.05) is 25.1 Å². The molecule has 6 nitrogen and oxygen atoms in total. The SMILES string of the molecule is Cc1sc(NS(=O)(=O)c2ccccc2)nc1-c1ccc2c(c1)OCCO2. The number of rotatable bonds is 4. The van der Waals surface area contributed by atoms with Crippen LogP contribution < -0.4 is 14.2 Å². The predicted octanol–water partition coefficient (Wildman–Crippen LogP) is 3.69. The Morgan fingerprint density at radius 1 is 1.04 bits per heavy atom. The van der Waals surface area contributed by atoms with Crippen LogP contribution in [0.2, 0.25) is 0 Å². The van der Waals surface area contributed by atoms with Gasteiger partial charge in [0.25, 0.3) is 10.0 Å². The number of nitrogens with one attached hydrogen (secondary N) is 1. The highest BCUT2D eigenvalue weighted by Gasteiger charge is 2.19. The highest BCUT2D eigenvalue weighted by molar-refractivity contribution is 7.93. The minimum absolute atomic E-state index is 0.203. The predicted molar refractivity (Wildman–Crippen MR) is 101 cm³/mol. The second kappa shape index (κ2) is 6.62. The van der Waals surface area contributed by atoms with E-state index in [9.17, 15) is 8.42 Å². The molecule has 2 aromatic carbocycles. The number of aromatic nitrogens is 1. The van der Waals surface area contributed by atoms with E-state index < -0.39 is 10.0 Å². The summed E-state index contributed by atoms with van der Waals surface area (Å²) in [4.78, 5) is 5.58. The molecule has 0 bridgehead atoms. The first kappa shape index (κ1) is 16.9. The first-order valence-corrected chi connectivity index (χ1v) is 10.3. The maximum Gasteiger partial charge on any atom is 0.263 e. The summed E-state index contributed by atoms with van der Waals surface area (Å²) in [6.45, 7) is 2.95. The van der Waals surface area contributed by atoms with Crippen LogP contribution in [-0.4, -0.2) is 26.6 Å². The number of ether oxygens (including phenoxy) is 2. The van der Waals surface area contributed by atoms with Gasteiger partial charge in [-0.15, -0.1) is 11.3 Å². The Hall–Kier alpha value is -2.58. The van der Waals surface area contributed by atoms with Gasteiger partial charge in [-0.25, -0.2) is 13.4 Å². The van der Waals surface area contributed by atoms with Crippen molar-refractivity contribution in [2.45, 2.75) is 11.8 Å². The highest BCUT2D eigenvalue weighted by atomic mass is 32.2. The molecular formula is C18H16N2O4S2. The number of sulfonamides is 1. The van der Waals surface area contributed by atoms with Crippen molar-refractivity contribution >= 4 is 26.5 Å². The third-order valence-corrected chi connectivity index (χ3v) is 6.26. The lowest BCUT2D eigenvalue weighted by Gasteiger charge is -2.18. The molecule has 8 heteroatoms. The number of hydrogen-bond donors (Lipinski definition) is 1. The van der Waals surface area contributed by atoms with Crippen molar-refractivity contribution in [1.29, 1.82) is 0 Å². The van der Waals surface area contributed by atoms with E-state index in [2.05, 4.69) is 9.71 Å². The maximum atomic E-state index is 12.5. The summed E-state index contributed by atoms with van der Waals surface area (Å²) in [5.41, 5.74) is 1.57. The van der Waals surface area contributed by atoms with Gasteiger partial charge in [-0.05, 0) is 37.3 Å². The normalized spacial score (nSPS) is 13.4. The smallest absolute Gasteiger partial charge is 0.263 e. The molecule has 0 fully saturated rings. The van der Waals surface area contributed by atoms with Gasteiger partial charge in [-0.1, -0.05) is 18.2 Å². The van der Waals surface area contributed by atoms with Gasteiger partial charge in [0.1, 0.15) is 13.2 Å². The van der Waals surface area contributed by atoms with Crippen LogP contribution in [0.1, 0.15) is 4.88 Å². The molecule has 134 valence electrons. The Morgan fingerprint density at radius 2 is 1.77 bits per heavy atom. The van der Waals surface area contributed by atoms with Crippen LogP contribution >= 0.6 is 11.3 Å². The van der Waals surface area contributed by atoms with Crippen LogP contribution in [0.25, 0.3) is 11.3 Å². The van der Waals surface area contributed by atoms with Crippen molar-refractivity contribution in [3.05, 3.63) is 53.4 Å². The Bertz CT molecular complexity index is 1050. The molecule has 0 aliphatic carbocycles. The molecule has 4 rings (SSSR count). The highest BCUT2D eigenvalue weighted by Crippen LogP contribution is 2.37. The molecule has 0 amide bonds. The minimum atomic E-state index is -3.66. The molecule has 0 unspecified atom stereocenters. The first-order valence-electron chi connectivity index (χ1n) is 7.98. The Morgan fingerprint density at radius 3 is 2.54 bits per heavy atom. The van der Waals surface area contributed by atoms with Crippen LogP contribution in [0.4, 0.5) is 5.13 Å². The van der Waals surface area contributed by atoms with Crippen molar-refractivity contribution in [1.82, 2.24) is 4.98 Å². The summed E-state index contributed by atoms with van der Waals surface area (Å²) in [5, 5.41) is 0.330. The number of thiazole rings is 1. The van der Waals surface area contributed by atoms with Gasteiger partial charge in [0.05, 0.1) is 10.6 Å². The number of fused-ring (bicyclic) bond motifs is 1. The molecule has 26 heavy (non-hydrogen) atoms. The van der Waals surface area contributed by atoms with Crippen LogP contribution in [0.3, 0.4) is 0 Å². The fourth-order valence-corrected chi connectivity index (χ4v) is 4.76. The maximum absolute atomic E-state index is 12.5. The summed E-state index contributed by atoms with van der Waals surface area (Å²) >= 11 is 1.29. The second-order valence-electron chi connectivity index (χ2n) is 5.70. The summed E-state index contributed by atoms with van der Waals surface area (Å²) in [6.07, 6.45) is 0. The molecular weight excluding hydrogens is 372 g/mol. The monoisotopic (exact) mass is 388 g/mol. The van der Waals surface area contributed by atoms with Crippen LogP contribution in [0.15, 0.2) is 53.4 Å². The molecule has 0 saturated heterocycles. The largest absolute Gasteiger partial charge is 0.486 e. The van der Waals surface area contributed by atoms with Crippen molar-refractivity contribution < 1.29 is 17.9 Å². The molecule has 0 saturated carbocycles. The quantitative estimate of drug-likeness (QED) is 0.738. The summed E-state index contributed by atoms with van der Waals surface area (Å²) in [6, 6.07) is 13.8. The number of anilines is 1. The molecule has 3 aromatic rings. The summed E-state index contributed by atoms with van der Waals surface area (Å²) in [5.74, 6) is 1.38. The van der Waals surface area contributed by atoms with E-state index in [4.69, 9.17) is 9.47 Å². The Balaban J connectivity index is 1.64. The van der Waals surface area contributed by atoms with Crippen LogP contribution in [0, 0.1) is 6.92 Å². The average molecular weight is 388 g/mol. The summed E-state index contributed by atoms with van der Waals surface area (Å²) in [7, 11) is -3.66. The van der Waals surface area contributed by atoms with Crippen molar-refractivity contribution in [3.8, 4) is 22.8 Å². The van der Waals surface area contributed by atoms with Crippen molar-refractivity contribution in [2.24, 2.45) is 0 Å². The lowest BCUT2D eigenvalue weighted by atomic mass is 10.1. The molecule has 0 radical (unpaired) electrons. The van der Waals surface area contributed by atoms with Gasteiger partial charge >= 0.3 is 0 Å². The number of nitrogens with zero attached hydrogens (tertiary/aromatic N) is 1. The fourth-order valence-electron chi connectivity index (χ4n) is 2.67. The summed E-state index contributed by atoms with van der Waals surface area (Å²) < 4.78 is 38.6. The third kappa shape index (κ3) is 3.25. The molecule has 1 aliphatic heterocycles. The molecule has 1 aliphatic rings. The average Bonchev–Trinajstić information content (AvgIpc) is 3.01. The zero-order valence-corrected chi connectivity index (χ0v) is 15.6. The third-order valence-electron chi connectivity index (χ3n) is 3.89. The van der Waals surface area contributed by atoms with Crippen LogP contribution in [0.5, 0.6) is 11.5 Å². The fraction of sp³-hybridized carbons (Fsp3) is 0.167. The molecule has 1 aromatic heterocycles. The zero-order valence-electron chi connectivity index (χ0n) is 13.9. The van der Waals surface area contributed by atoms with Crippen molar-refractivity contribution in [3.63, 3.8) is 0 Å². The standard InChI is InChI=1S/C18H16N2O4S2/c1-12-17(13-7-8-15-16(11-13)24-10-9-23-15)19-18(25-12)20-26(21,22)14-5-3-2-4-6-14/h2-8,11H,9-10H2,1H3,(H,19,20). The van der Waals surface area contributed by atoms with Gasteiger partial charge in [-0.2, -0.15) is 0 Å². The zero-order chi connectivity index (χ0) is 18.1.